The average molecular weight is 230 g/mol. The van der Waals surface area contributed by atoms with Crippen molar-refractivity contribution >= 4 is 20.4 Å². The molecule has 0 bridgehead atoms. The van der Waals surface area contributed by atoms with Crippen molar-refractivity contribution in [1.29, 1.82) is 0 Å². The molecule has 0 aromatic rings. The number of phosphoric acid groups is 1. The lowest BCUT2D eigenvalue weighted by atomic mass is 10.4. The Hall–Kier alpha value is -0.630. The summed E-state index contributed by atoms with van der Waals surface area (Å²) in [6.45, 7) is -1.05. The summed E-state index contributed by atoms with van der Waals surface area (Å²) in [6.07, 6.45) is -0.928. The topological polar surface area (TPSA) is 141 Å². The zero-order valence-corrected chi connectivity index (χ0v) is 7.91. The normalized spacial score (nSPS) is 12.3. The van der Waals surface area contributed by atoms with Crippen LogP contribution in [-0.4, -0.2) is 51.9 Å². The Balaban J connectivity index is 0. The first-order valence-corrected chi connectivity index (χ1v) is 4.78. The van der Waals surface area contributed by atoms with Crippen LogP contribution in [0.4, 0.5) is 0 Å². The number of hydrogen-bond donors (Lipinski definition) is 4. The summed E-state index contributed by atoms with van der Waals surface area (Å²) in [4.78, 5) is 34.6. The zero-order valence-electron chi connectivity index (χ0n) is 7.02. The van der Waals surface area contributed by atoms with E-state index in [2.05, 4.69) is 4.52 Å². The van der Waals surface area contributed by atoms with Crippen LogP contribution in [0, 0.1) is 0 Å². The molecule has 0 aliphatic heterocycles. The molecule has 0 amide bonds. The maximum Gasteiger partial charge on any atom is 0.469 e. The first-order chi connectivity index (χ1) is 6.37. The van der Waals surface area contributed by atoms with Gasteiger partial charge in [0, 0.05) is 0 Å². The minimum atomic E-state index is -4.55. The van der Waals surface area contributed by atoms with E-state index in [-0.39, 0.29) is 12.9 Å². The number of aliphatic hydroxyl groups is 2. The summed E-state index contributed by atoms with van der Waals surface area (Å²) < 4.78 is 13.7. The van der Waals surface area contributed by atoms with Gasteiger partial charge in [0.25, 0.3) is 0 Å². The lowest BCUT2D eigenvalue weighted by Gasteiger charge is -2.04. The highest BCUT2D eigenvalue weighted by Crippen LogP contribution is 2.35. The van der Waals surface area contributed by atoms with Gasteiger partial charge in [0.15, 0.2) is 6.29 Å². The Morgan fingerprint density at radius 3 is 2.00 bits per heavy atom. The first-order valence-electron chi connectivity index (χ1n) is 3.25. The van der Waals surface area contributed by atoms with Gasteiger partial charge in [0.2, 0.25) is 0 Å². The summed E-state index contributed by atoms with van der Waals surface area (Å²) in [5, 5.41) is 15.9. The molecule has 1 atom stereocenters. The standard InChI is InChI=1S/C3H7O6P.C2H4O2/c4-1-3(5)2-9-10(6,7)8;3-1-2-4/h1,3,5H,2H2,(H2,6,7,8);1,4H,2H2. The Morgan fingerprint density at radius 2 is 1.79 bits per heavy atom. The van der Waals surface area contributed by atoms with Crippen molar-refractivity contribution in [1.82, 2.24) is 0 Å². The molecule has 0 fully saturated rings. The van der Waals surface area contributed by atoms with Gasteiger partial charge in [-0.3, -0.25) is 4.52 Å². The molecule has 0 saturated carbocycles. The number of phosphoric ester groups is 1. The number of hydrogen-bond acceptors (Lipinski definition) is 6. The van der Waals surface area contributed by atoms with Crippen LogP contribution < -0.4 is 0 Å². The number of carbonyl (C=O) groups is 2. The molecule has 0 aliphatic rings. The van der Waals surface area contributed by atoms with Crippen LogP contribution in [0.25, 0.3) is 0 Å². The zero-order chi connectivity index (χ0) is 11.6. The van der Waals surface area contributed by atoms with Crippen LogP contribution in [0.15, 0.2) is 0 Å². The summed E-state index contributed by atoms with van der Waals surface area (Å²) in [6, 6.07) is 0. The molecule has 0 aromatic carbocycles. The minimum Gasteiger partial charge on any atom is -0.389 e. The number of carbonyl (C=O) groups excluding carboxylic acids is 2. The van der Waals surface area contributed by atoms with Gasteiger partial charge < -0.3 is 29.6 Å². The van der Waals surface area contributed by atoms with Crippen molar-refractivity contribution in [2.75, 3.05) is 13.2 Å². The Labute approximate surface area is 79.4 Å². The quantitative estimate of drug-likeness (QED) is 0.309. The number of rotatable bonds is 5. The van der Waals surface area contributed by atoms with Gasteiger partial charge in [-0.05, 0) is 0 Å². The highest BCUT2D eigenvalue weighted by atomic mass is 31.2. The molecule has 8 nitrogen and oxygen atoms in total. The third kappa shape index (κ3) is 17.5. The fraction of sp³-hybridized carbons (Fsp3) is 0.600. The largest absolute Gasteiger partial charge is 0.469 e. The SMILES string of the molecule is O=CC(O)COP(=O)(O)O.O=CCO. The fourth-order valence-electron chi connectivity index (χ4n) is 0.213. The Kier molecular flexibility index (Phi) is 10.1. The second-order valence-electron chi connectivity index (χ2n) is 1.84. The lowest BCUT2D eigenvalue weighted by Crippen LogP contribution is -2.15. The molecule has 0 saturated heterocycles. The molecular formula is C5H11O8P. The lowest BCUT2D eigenvalue weighted by molar-refractivity contribution is -0.116. The molecule has 14 heavy (non-hydrogen) atoms. The van der Waals surface area contributed by atoms with Crippen molar-refractivity contribution in [3.63, 3.8) is 0 Å². The first kappa shape index (κ1) is 15.8. The van der Waals surface area contributed by atoms with Gasteiger partial charge in [0.1, 0.15) is 12.4 Å². The number of aldehydes is 2. The fourth-order valence-corrected chi connectivity index (χ4v) is 0.560. The summed E-state index contributed by atoms with van der Waals surface area (Å²) in [5.41, 5.74) is 0. The van der Waals surface area contributed by atoms with E-state index in [1.807, 2.05) is 0 Å². The predicted octanol–water partition coefficient (Wildman–Crippen LogP) is -2.17. The molecule has 4 N–H and O–H groups in total. The van der Waals surface area contributed by atoms with Crippen LogP contribution in [0.2, 0.25) is 0 Å². The van der Waals surface area contributed by atoms with Gasteiger partial charge in [0.05, 0.1) is 13.2 Å². The highest BCUT2D eigenvalue weighted by Gasteiger charge is 2.15. The molecule has 1 unspecified atom stereocenters. The van der Waals surface area contributed by atoms with E-state index in [9.17, 15) is 9.36 Å². The van der Waals surface area contributed by atoms with Crippen molar-refractivity contribution in [2.45, 2.75) is 6.10 Å². The molecule has 0 aliphatic carbocycles. The molecule has 84 valence electrons. The van der Waals surface area contributed by atoms with Crippen LogP contribution in [0.5, 0.6) is 0 Å². The maximum atomic E-state index is 9.90. The smallest absolute Gasteiger partial charge is 0.389 e. The van der Waals surface area contributed by atoms with Gasteiger partial charge in [-0.1, -0.05) is 0 Å². The summed E-state index contributed by atoms with van der Waals surface area (Å²) >= 11 is 0. The molecule has 0 heterocycles. The van der Waals surface area contributed by atoms with E-state index < -0.39 is 20.5 Å². The van der Waals surface area contributed by atoms with E-state index in [4.69, 9.17) is 24.8 Å². The minimum absolute atomic E-state index is 0.121. The van der Waals surface area contributed by atoms with Crippen LogP contribution in [0.1, 0.15) is 0 Å². The van der Waals surface area contributed by atoms with Gasteiger partial charge in [-0.15, -0.1) is 0 Å². The molecule has 9 heteroatoms. The van der Waals surface area contributed by atoms with E-state index in [0.717, 1.165) is 0 Å². The second-order valence-corrected chi connectivity index (χ2v) is 3.08. The average Bonchev–Trinajstić information content (AvgIpc) is 2.13. The Bertz CT molecular complexity index is 198. The van der Waals surface area contributed by atoms with Crippen LogP contribution in [0.3, 0.4) is 0 Å². The van der Waals surface area contributed by atoms with Gasteiger partial charge >= 0.3 is 7.82 Å². The third-order valence-corrected chi connectivity index (χ3v) is 1.13. The molecule has 0 spiro atoms. The molecular weight excluding hydrogens is 219 g/mol. The predicted molar refractivity (Wildman–Crippen MR) is 43.2 cm³/mol. The molecule has 0 aromatic heterocycles. The van der Waals surface area contributed by atoms with Crippen molar-refractivity contribution in [3.8, 4) is 0 Å². The van der Waals surface area contributed by atoms with E-state index >= 15 is 0 Å². The monoisotopic (exact) mass is 230 g/mol. The van der Waals surface area contributed by atoms with Crippen molar-refractivity contribution in [3.05, 3.63) is 0 Å². The highest BCUT2D eigenvalue weighted by molar-refractivity contribution is 7.46. The third-order valence-electron chi connectivity index (χ3n) is 0.645. The van der Waals surface area contributed by atoms with E-state index in [1.165, 1.54) is 0 Å². The van der Waals surface area contributed by atoms with Crippen molar-refractivity contribution in [2.24, 2.45) is 0 Å². The second kappa shape index (κ2) is 8.95. The molecule has 0 rings (SSSR count). The summed E-state index contributed by atoms with van der Waals surface area (Å²) in [7, 11) is -4.55. The van der Waals surface area contributed by atoms with Crippen molar-refractivity contribution < 1.29 is 38.7 Å². The van der Waals surface area contributed by atoms with Crippen LogP contribution >= 0.6 is 7.82 Å². The van der Waals surface area contributed by atoms with E-state index in [0.29, 0.717) is 6.29 Å². The number of aliphatic hydroxyl groups excluding tert-OH is 2. The molecule has 0 radical (unpaired) electrons. The summed E-state index contributed by atoms with van der Waals surface area (Å²) in [5.74, 6) is 0. The van der Waals surface area contributed by atoms with Gasteiger partial charge in [-0.25, -0.2) is 4.57 Å². The Morgan fingerprint density at radius 1 is 1.36 bits per heavy atom. The maximum absolute atomic E-state index is 9.90. The van der Waals surface area contributed by atoms with Crippen LogP contribution in [-0.2, 0) is 18.7 Å². The van der Waals surface area contributed by atoms with Gasteiger partial charge in [-0.2, -0.15) is 0 Å². The van der Waals surface area contributed by atoms with E-state index in [1.54, 1.807) is 0 Å².